The molecule has 0 aromatic heterocycles. The second-order valence-corrected chi connectivity index (χ2v) is 17.4. The number of para-hydroxylation sites is 2. The van der Waals surface area contributed by atoms with E-state index in [2.05, 4.69) is 212 Å². The van der Waals surface area contributed by atoms with E-state index >= 15 is 0 Å². The van der Waals surface area contributed by atoms with E-state index in [1.54, 1.807) is 0 Å². The van der Waals surface area contributed by atoms with Gasteiger partial charge in [0, 0.05) is 22.1 Å². The minimum atomic E-state index is 0.0652. The van der Waals surface area contributed by atoms with E-state index in [9.17, 15) is 0 Å². The van der Waals surface area contributed by atoms with Gasteiger partial charge in [-0.3, -0.25) is 0 Å². The number of hydrogen-bond donors (Lipinski definition) is 0. The highest BCUT2D eigenvalue weighted by atomic mass is 15.2. The molecule has 0 aliphatic rings. The lowest BCUT2D eigenvalue weighted by molar-refractivity contribution is 0.589. The molecule has 8 aromatic carbocycles. The average Bonchev–Trinajstić information content (AvgIpc) is 3.13. The summed E-state index contributed by atoms with van der Waals surface area (Å²) in [5.74, 6) is 0. The summed E-state index contributed by atoms with van der Waals surface area (Å²) < 4.78 is 0. The molecule has 8 rings (SSSR count). The molecule has 0 saturated carbocycles. The Morgan fingerprint density at radius 3 is 1.00 bits per heavy atom. The fourth-order valence-electron chi connectivity index (χ4n) is 8.57. The van der Waals surface area contributed by atoms with E-state index in [4.69, 9.17) is 0 Å². The Balaban J connectivity index is 1.41. The van der Waals surface area contributed by atoms with Gasteiger partial charge in [-0.25, -0.2) is 0 Å². The summed E-state index contributed by atoms with van der Waals surface area (Å²) in [7, 11) is 0. The van der Waals surface area contributed by atoms with E-state index in [1.807, 2.05) is 0 Å². The molecule has 2 heteroatoms. The molecule has 0 N–H and O–H groups in total. The van der Waals surface area contributed by atoms with Crippen molar-refractivity contribution in [2.24, 2.45) is 0 Å². The molecule has 0 amide bonds. The number of nitrogens with zero attached hydrogens (tertiary/aromatic N) is 2. The van der Waals surface area contributed by atoms with Gasteiger partial charge in [-0.05, 0) is 130 Å². The quantitative estimate of drug-likeness (QED) is 0.159. The standard InChI is InChI=1S/C52H52N2/c1-33-29-39(51(5,6)7)30-34(2)49(33)53(41-17-13-11-14-18-41)45-27-23-37-22-26-44-46(28-24-38-21-25-43(45)47(37)48(38)44)54(42-19-15-12-16-20-42)50-35(3)31-40(32-36(50)4)52(8,9)10/h11-32H,1-10H3. The Morgan fingerprint density at radius 1 is 0.370 bits per heavy atom. The summed E-state index contributed by atoms with van der Waals surface area (Å²) in [4.78, 5) is 4.98. The average molecular weight is 705 g/mol. The minimum Gasteiger partial charge on any atom is -0.309 e. The van der Waals surface area contributed by atoms with Gasteiger partial charge in [-0.1, -0.05) is 139 Å². The van der Waals surface area contributed by atoms with Gasteiger partial charge in [-0.15, -0.1) is 0 Å². The van der Waals surface area contributed by atoms with Crippen molar-refractivity contribution in [1.29, 1.82) is 0 Å². The first-order valence-electron chi connectivity index (χ1n) is 19.4. The molecule has 0 bridgehead atoms. The van der Waals surface area contributed by atoms with Gasteiger partial charge in [0.05, 0.1) is 22.7 Å². The summed E-state index contributed by atoms with van der Waals surface area (Å²) in [5, 5.41) is 7.60. The second kappa shape index (κ2) is 13.1. The first-order valence-corrected chi connectivity index (χ1v) is 19.4. The highest BCUT2D eigenvalue weighted by molar-refractivity contribution is 6.28. The van der Waals surface area contributed by atoms with Crippen molar-refractivity contribution in [3.8, 4) is 0 Å². The molecule has 54 heavy (non-hydrogen) atoms. The molecule has 270 valence electrons. The van der Waals surface area contributed by atoms with E-state index < -0.39 is 0 Å². The van der Waals surface area contributed by atoms with E-state index in [0.717, 1.165) is 11.4 Å². The molecule has 0 aliphatic carbocycles. The van der Waals surface area contributed by atoms with Crippen LogP contribution in [0.4, 0.5) is 34.1 Å². The molecule has 0 saturated heterocycles. The lowest BCUT2D eigenvalue weighted by Crippen LogP contribution is -2.17. The third-order valence-electron chi connectivity index (χ3n) is 11.3. The fraction of sp³-hybridized carbons (Fsp3) is 0.231. The normalized spacial score (nSPS) is 12.3. The zero-order valence-corrected chi connectivity index (χ0v) is 33.6. The number of benzene rings is 8. The zero-order chi connectivity index (χ0) is 38.1. The summed E-state index contributed by atoms with van der Waals surface area (Å²) in [6.45, 7) is 22.9. The second-order valence-electron chi connectivity index (χ2n) is 17.4. The van der Waals surface area contributed by atoms with Gasteiger partial charge >= 0.3 is 0 Å². The molecule has 0 spiro atoms. The maximum Gasteiger partial charge on any atom is 0.0540 e. The Hall–Kier alpha value is -5.60. The van der Waals surface area contributed by atoms with Crippen molar-refractivity contribution in [3.05, 3.63) is 167 Å². The van der Waals surface area contributed by atoms with Crippen molar-refractivity contribution in [3.63, 3.8) is 0 Å². The molecule has 8 aromatic rings. The smallest absolute Gasteiger partial charge is 0.0540 e. The number of aryl methyl sites for hydroxylation is 4. The molecule has 0 atom stereocenters. The topological polar surface area (TPSA) is 6.48 Å². The Morgan fingerprint density at radius 2 is 0.685 bits per heavy atom. The van der Waals surface area contributed by atoms with Crippen LogP contribution in [0.1, 0.15) is 74.9 Å². The zero-order valence-electron chi connectivity index (χ0n) is 33.6. The van der Waals surface area contributed by atoms with Gasteiger partial charge in [0.25, 0.3) is 0 Å². The van der Waals surface area contributed by atoms with Crippen LogP contribution in [0.15, 0.2) is 133 Å². The first kappa shape index (κ1) is 35.4. The SMILES string of the molecule is Cc1cc(C(C)(C)C)cc(C)c1N(c1ccccc1)c1ccc2ccc3c(N(c4ccccc4)c4c(C)cc(C(C)(C)C)cc4C)ccc4ccc1c2c43. The van der Waals surface area contributed by atoms with Gasteiger partial charge < -0.3 is 9.80 Å². The van der Waals surface area contributed by atoms with Gasteiger partial charge in [0.2, 0.25) is 0 Å². The van der Waals surface area contributed by atoms with Crippen LogP contribution in [-0.2, 0) is 10.8 Å². The molecule has 2 nitrogen and oxygen atoms in total. The summed E-state index contributed by atoms with van der Waals surface area (Å²) in [6.07, 6.45) is 0. The number of anilines is 6. The van der Waals surface area contributed by atoms with Gasteiger partial charge in [-0.2, -0.15) is 0 Å². The molecular formula is C52H52N2. The number of rotatable bonds is 6. The third kappa shape index (κ3) is 5.99. The van der Waals surface area contributed by atoms with Crippen LogP contribution in [-0.4, -0.2) is 0 Å². The van der Waals surface area contributed by atoms with Crippen LogP contribution >= 0.6 is 0 Å². The lowest BCUT2D eigenvalue weighted by atomic mass is 9.84. The van der Waals surface area contributed by atoms with Crippen LogP contribution in [0, 0.1) is 27.7 Å². The molecular weight excluding hydrogens is 653 g/mol. The Kier molecular flexibility index (Phi) is 8.57. The predicted molar refractivity (Wildman–Crippen MR) is 236 cm³/mol. The van der Waals surface area contributed by atoms with Crippen molar-refractivity contribution in [2.75, 3.05) is 9.80 Å². The molecule has 0 unspecified atom stereocenters. The maximum atomic E-state index is 2.49. The van der Waals surface area contributed by atoms with Crippen molar-refractivity contribution in [2.45, 2.75) is 80.1 Å². The lowest BCUT2D eigenvalue weighted by Gasteiger charge is -2.33. The highest BCUT2D eigenvalue weighted by Gasteiger charge is 2.26. The predicted octanol–water partition coefficient (Wildman–Crippen LogP) is 15.4. The van der Waals surface area contributed by atoms with Crippen molar-refractivity contribution >= 4 is 66.4 Å². The van der Waals surface area contributed by atoms with Crippen molar-refractivity contribution < 1.29 is 0 Å². The largest absolute Gasteiger partial charge is 0.309 e. The maximum absolute atomic E-state index is 2.49. The summed E-state index contributed by atoms with van der Waals surface area (Å²) in [6, 6.07) is 49.9. The highest BCUT2D eigenvalue weighted by Crippen LogP contribution is 2.49. The third-order valence-corrected chi connectivity index (χ3v) is 11.3. The van der Waals surface area contributed by atoms with Crippen LogP contribution < -0.4 is 9.80 Å². The van der Waals surface area contributed by atoms with Crippen molar-refractivity contribution in [1.82, 2.24) is 0 Å². The fourth-order valence-corrected chi connectivity index (χ4v) is 8.57. The molecule has 0 radical (unpaired) electrons. The summed E-state index contributed by atoms with van der Waals surface area (Å²) in [5.41, 5.74) is 15.1. The van der Waals surface area contributed by atoms with E-state index in [1.165, 1.54) is 88.4 Å². The first-order chi connectivity index (χ1) is 25.7. The van der Waals surface area contributed by atoms with Crippen LogP contribution in [0.5, 0.6) is 0 Å². The minimum absolute atomic E-state index is 0.0652. The number of hydrogen-bond acceptors (Lipinski definition) is 2. The van der Waals surface area contributed by atoms with E-state index in [0.29, 0.717) is 0 Å². The summed E-state index contributed by atoms with van der Waals surface area (Å²) >= 11 is 0. The monoisotopic (exact) mass is 704 g/mol. The van der Waals surface area contributed by atoms with Crippen LogP contribution in [0.3, 0.4) is 0 Å². The molecule has 0 fully saturated rings. The van der Waals surface area contributed by atoms with Gasteiger partial charge in [0.15, 0.2) is 0 Å². The van der Waals surface area contributed by atoms with Gasteiger partial charge in [0.1, 0.15) is 0 Å². The Bertz CT molecular complexity index is 2420. The van der Waals surface area contributed by atoms with Crippen LogP contribution in [0.2, 0.25) is 0 Å². The van der Waals surface area contributed by atoms with E-state index in [-0.39, 0.29) is 10.8 Å². The molecule has 0 heterocycles. The van der Waals surface area contributed by atoms with Crippen LogP contribution in [0.25, 0.3) is 32.3 Å². The molecule has 0 aliphatic heterocycles. The Labute approximate surface area is 322 Å².